The molecular formula is C14H24BrN3. The highest BCUT2D eigenvalue weighted by Gasteiger charge is 2.07. The molecule has 0 saturated heterocycles. The molecule has 0 spiro atoms. The highest BCUT2D eigenvalue weighted by atomic mass is 79.9. The maximum absolute atomic E-state index is 4.35. The van der Waals surface area contributed by atoms with Crippen LogP contribution in [-0.4, -0.2) is 21.9 Å². The summed E-state index contributed by atoms with van der Waals surface area (Å²) < 4.78 is 3.11. The second-order valence-electron chi connectivity index (χ2n) is 5.47. The number of nitrogens with one attached hydrogen (secondary N) is 1. The number of hydrogen-bond donors (Lipinski definition) is 1. The number of rotatable bonds is 6. The fourth-order valence-corrected chi connectivity index (χ4v) is 2.08. The van der Waals surface area contributed by atoms with Crippen molar-refractivity contribution in [2.45, 2.75) is 52.6 Å². The number of aryl methyl sites for hydroxylation is 1. The lowest BCUT2D eigenvalue weighted by atomic mass is 10.1. The van der Waals surface area contributed by atoms with Crippen LogP contribution in [0.1, 0.15) is 46.2 Å². The Hall–Kier alpha value is -0.610. The third-order valence-electron chi connectivity index (χ3n) is 2.51. The zero-order valence-corrected chi connectivity index (χ0v) is 13.4. The van der Waals surface area contributed by atoms with Crippen molar-refractivity contribution in [1.82, 2.24) is 15.1 Å². The zero-order valence-electron chi connectivity index (χ0n) is 11.8. The normalized spacial score (nSPS) is 12.5. The lowest BCUT2D eigenvalue weighted by Crippen LogP contribution is -2.36. The highest BCUT2D eigenvalue weighted by Crippen LogP contribution is 2.18. The van der Waals surface area contributed by atoms with Crippen molar-refractivity contribution in [3.8, 4) is 0 Å². The van der Waals surface area contributed by atoms with E-state index in [-0.39, 0.29) is 5.54 Å². The monoisotopic (exact) mass is 313 g/mol. The summed E-state index contributed by atoms with van der Waals surface area (Å²) in [4.78, 5) is 0. The fourth-order valence-electron chi connectivity index (χ4n) is 1.65. The first-order valence-electron chi connectivity index (χ1n) is 6.57. The zero-order chi connectivity index (χ0) is 13.6. The van der Waals surface area contributed by atoms with Crippen LogP contribution < -0.4 is 5.32 Å². The SMILES string of the molecule is CCCn1ncc(Br)c1/C=C/CCNC(C)(C)C. The lowest BCUT2D eigenvalue weighted by Gasteiger charge is -2.19. The number of aromatic nitrogens is 2. The molecule has 0 atom stereocenters. The van der Waals surface area contributed by atoms with E-state index < -0.39 is 0 Å². The Balaban J connectivity index is 2.49. The molecule has 0 aliphatic rings. The fraction of sp³-hybridized carbons (Fsp3) is 0.643. The molecule has 0 amide bonds. The van der Waals surface area contributed by atoms with Crippen molar-refractivity contribution in [3.05, 3.63) is 22.4 Å². The van der Waals surface area contributed by atoms with Crippen molar-refractivity contribution in [2.75, 3.05) is 6.54 Å². The molecule has 1 heterocycles. The summed E-state index contributed by atoms with van der Waals surface area (Å²) >= 11 is 3.54. The Morgan fingerprint density at radius 3 is 2.78 bits per heavy atom. The summed E-state index contributed by atoms with van der Waals surface area (Å²) in [5.74, 6) is 0. The third kappa shape index (κ3) is 5.36. The number of halogens is 1. The third-order valence-corrected chi connectivity index (χ3v) is 3.12. The molecule has 0 aliphatic carbocycles. The van der Waals surface area contributed by atoms with Gasteiger partial charge < -0.3 is 5.32 Å². The van der Waals surface area contributed by atoms with E-state index in [0.29, 0.717) is 0 Å². The van der Waals surface area contributed by atoms with E-state index in [0.717, 1.165) is 36.1 Å². The Kier molecular flexibility index (Phi) is 6.09. The summed E-state index contributed by atoms with van der Waals surface area (Å²) in [5.41, 5.74) is 1.35. The van der Waals surface area contributed by atoms with E-state index >= 15 is 0 Å². The minimum Gasteiger partial charge on any atom is -0.312 e. The van der Waals surface area contributed by atoms with Crippen LogP contribution in [0.15, 0.2) is 16.7 Å². The minimum atomic E-state index is 0.193. The summed E-state index contributed by atoms with van der Waals surface area (Å²) in [7, 11) is 0. The summed E-state index contributed by atoms with van der Waals surface area (Å²) in [6.45, 7) is 10.7. The van der Waals surface area contributed by atoms with Crippen LogP contribution in [0, 0.1) is 0 Å². The molecule has 0 fully saturated rings. The standard InChI is InChI=1S/C14H24BrN3/c1-5-10-18-13(12(15)11-17-18)8-6-7-9-16-14(2,3)4/h6,8,11,16H,5,7,9-10H2,1-4H3/b8-6+. The maximum Gasteiger partial charge on any atom is 0.0749 e. The second-order valence-corrected chi connectivity index (χ2v) is 6.32. The van der Waals surface area contributed by atoms with Crippen molar-refractivity contribution in [1.29, 1.82) is 0 Å². The Morgan fingerprint density at radius 2 is 2.17 bits per heavy atom. The van der Waals surface area contributed by atoms with Gasteiger partial charge in [-0.05, 0) is 62.2 Å². The van der Waals surface area contributed by atoms with Gasteiger partial charge in [0.15, 0.2) is 0 Å². The van der Waals surface area contributed by atoms with Gasteiger partial charge in [0, 0.05) is 12.1 Å². The van der Waals surface area contributed by atoms with Gasteiger partial charge in [0.05, 0.1) is 16.4 Å². The molecule has 1 rings (SSSR count). The molecule has 1 N–H and O–H groups in total. The molecule has 0 unspecified atom stereocenters. The van der Waals surface area contributed by atoms with Crippen molar-refractivity contribution < 1.29 is 0 Å². The maximum atomic E-state index is 4.35. The summed E-state index contributed by atoms with van der Waals surface area (Å²) in [6.07, 6.45) is 8.34. The Labute approximate surface area is 119 Å². The van der Waals surface area contributed by atoms with Crippen LogP contribution in [0.4, 0.5) is 0 Å². The molecule has 102 valence electrons. The first-order chi connectivity index (χ1) is 8.44. The molecule has 18 heavy (non-hydrogen) atoms. The van der Waals surface area contributed by atoms with Crippen LogP contribution >= 0.6 is 15.9 Å². The Bertz CT molecular complexity index is 388. The van der Waals surface area contributed by atoms with E-state index in [4.69, 9.17) is 0 Å². The van der Waals surface area contributed by atoms with Gasteiger partial charge in [-0.3, -0.25) is 4.68 Å². The largest absolute Gasteiger partial charge is 0.312 e. The average molecular weight is 314 g/mol. The molecule has 1 aromatic rings. The number of hydrogen-bond acceptors (Lipinski definition) is 2. The molecule has 0 radical (unpaired) electrons. The van der Waals surface area contributed by atoms with Crippen LogP contribution in [0.3, 0.4) is 0 Å². The lowest BCUT2D eigenvalue weighted by molar-refractivity contribution is 0.431. The van der Waals surface area contributed by atoms with E-state index in [1.54, 1.807) is 0 Å². The summed E-state index contributed by atoms with van der Waals surface area (Å²) in [5, 5.41) is 7.82. The van der Waals surface area contributed by atoms with Gasteiger partial charge in [-0.2, -0.15) is 5.10 Å². The molecule has 1 aromatic heterocycles. The van der Waals surface area contributed by atoms with E-state index in [9.17, 15) is 0 Å². The van der Waals surface area contributed by atoms with Crippen LogP contribution in [0.25, 0.3) is 6.08 Å². The van der Waals surface area contributed by atoms with Crippen molar-refractivity contribution in [3.63, 3.8) is 0 Å². The summed E-state index contributed by atoms with van der Waals surface area (Å²) in [6, 6.07) is 0. The first-order valence-corrected chi connectivity index (χ1v) is 7.36. The number of nitrogens with zero attached hydrogens (tertiary/aromatic N) is 2. The minimum absolute atomic E-state index is 0.193. The van der Waals surface area contributed by atoms with Crippen LogP contribution in [0.2, 0.25) is 0 Å². The van der Waals surface area contributed by atoms with Gasteiger partial charge in [0.2, 0.25) is 0 Å². The van der Waals surface area contributed by atoms with Gasteiger partial charge in [0.25, 0.3) is 0 Å². The molecule has 0 bridgehead atoms. The molecule has 0 aromatic carbocycles. The smallest absolute Gasteiger partial charge is 0.0749 e. The van der Waals surface area contributed by atoms with Gasteiger partial charge >= 0.3 is 0 Å². The first kappa shape index (κ1) is 15.4. The molecular weight excluding hydrogens is 290 g/mol. The topological polar surface area (TPSA) is 29.9 Å². The van der Waals surface area contributed by atoms with Gasteiger partial charge in [-0.15, -0.1) is 0 Å². The molecule has 3 nitrogen and oxygen atoms in total. The average Bonchev–Trinajstić information content (AvgIpc) is 2.59. The van der Waals surface area contributed by atoms with Gasteiger partial charge in [-0.1, -0.05) is 13.0 Å². The van der Waals surface area contributed by atoms with Crippen molar-refractivity contribution >= 4 is 22.0 Å². The van der Waals surface area contributed by atoms with Crippen LogP contribution in [0.5, 0.6) is 0 Å². The quantitative estimate of drug-likeness (QED) is 0.808. The van der Waals surface area contributed by atoms with E-state index in [1.807, 2.05) is 10.9 Å². The predicted octanol–water partition coefficient (Wildman–Crippen LogP) is 3.85. The van der Waals surface area contributed by atoms with Crippen LogP contribution in [-0.2, 0) is 6.54 Å². The van der Waals surface area contributed by atoms with Crippen molar-refractivity contribution in [2.24, 2.45) is 0 Å². The van der Waals surface area contributed by atoms with E-state index in [1.165, 1.54) is 0 Å². The van der Waals surface area contributed by atoms with Gasteiger partial charge in [-0.25, -0.2) is 0 Å². The second kappa shape index (κ2) is 7.10. The van der Waals surface area contributed by atoms with Gasteiger partial charge in [0.1, 0.15) is 0 Å². The Morgan fingerprint density at radius 1 is 1.44 bits per heavy atom. The molecule has 0 saturated carbocycles. The molecule has 4 heteroatoms. The predicted molar refractivity (Wildman–Crippen MR) is 81.6 cm³/mol. The highest BCUT2D eigenvalue weighted by molar-refractivity contribution is 9.10. The molecule has 0 aliphatic heterocycles. The van der Waals surface area contributed by atoms with E-state index in [2.05, 4.69) is 66.2 Å².